The SMILES string of the molecule is COC(=O)CCCC1=CC=CCC1. The molecule has 1 rings (SSSR count). The number of allylic oxidation sites excluding steroid dienone is 4. The molecule has 72 valence electrons. The predicted octanol–water partition coefficient (Wildman–Crippen LogP) is 2.61. The van der Waals surface area contributed by atoms with Gasteiger partial charge in [0.15, 0.2) is 0 Å². The molecule has 1 aliphatic rings. The number of hydrogen-bond acceptors (Lipinski definition) is 2. The van der Waals surface area contributed by atoms with Crippen molar-refractivity contribution in [3.63, 3.8) is 0 Å². The monoisotopic (exact) mass is 180 g/mol. The Morgan fingerprint density at radius 3 is 3.08 bits per heavy atom. The van der Waals surface area contributed by atoms with Gasteiger partial charge in [-0.05, 0) is 25.7 Å². The van der Waals surface area contributed by atoms with Gasteiger partial charge >= 0.3 is 5.97 Å². The van der Waals surface area contributed by atoms with E-state index in [0.717, 1.165) is 25.7 Å². The minimum absolute atomic E-state index is 0.105. The van der Waals surface area contributed by atoms with Gasteiger partial charge in [0.25, 0.3) is 0 Å². The number of esters is 1. The van der Waals surface area contributed by atoms with Gasteiger partial charge in [-0.15, -0.1) is 0 Å². The summed E-state index contributed by atoms with van der Waals surface area (Å²) in [6.07, 6.45) is 11.2. The molecule has 0 aliphatic heterocycles. The summed E-state index contributed by atoms with van der Waals surface area (Å²) in [6.45, 7) is 0. The predicted molar refractivity (Wildman–Crippen MR) is 52.3 cm³/mol. The summed E-state index contributed by atoms with van der Waals surface area (Å²) in [6, 6.07) is 0. The lowest BCUT2D eigenvalue weighted by atomic mass is 10.00. The second-order valence-corrected chi connectivity index (χ2v) is 3.22. The van der Waals surface area contributed by atoms with E-state index < -0.39 is 0 Å². The standard InChI is InChI=1S/C11H16O2/c1-13-11(12)9-5-8-10-6-3-2-4-7-10/h2-3,6H,4-5,7-9H2,1H3. The number of hydrogen-bond donors (Lipinski definition) is 0. The first-order valence-corrected chi connectivity index (χ1v) is 4.74. The first kappa shape index (κ1) is 10.0. The normalized spacial score (nSPS) is 15.3. The number of carbonyl (C=O) groups excluding carboxylic acids is 1. The molecule has 0 unspecified atom stereocenters. The van der Waals surface area contributed by atoms with E-state index in [0.29, 0.717) is 6.42 Å². The van der Waals surface area contributed by atoms with E-state index in [1.165, 1.54) is 12.7 Å². The number of methoxy groups -OCH3 is 1. The van der Waals surface area contributed by atoms with Crippen LogP contribution in [-0.2, 0) is 9.53 Å². The lowest BCUT2D eigenvalue weighted by molar-refractivity contribution is -0.140. The van der Waals surface area contributed by atoms with Crippen LogP contribution in [0, 0.1) is 0 Å². The van der Waals surface area contributed by atoms with Crippen molar-refractivity contribution < 1.29 is 9.53 Å². The van der Waals surface area contributed by atoms with Crippen LogP contribution in [0.5, 0.6) is 0 Å². The summed E-state index contributed by atoms with van der Waals surface area (Å²) in [5.41, 5.74) is 1.45. The maximum atomic E-state index is 10.8. The smallest absolute Gasteiger partial charge is 0.305 e. The van der Waals surface area contributed by atoms with Gasteiger partial charge in [-0.1, -0.05) is 23.8 Å². The van der Waals surface area contributed by atoms with Gasteiger partial charge in [-0.3, -0.25) is 4.79 Å². The van der Waals surface area contributed by atoms with Gasteiger partial charge in [0.1, 0.15) is 0 Å². The Hall–Kier alpha value is -1.05. The molecule has 2 nitrogen and oxygen atoms in total. The van der Waals surface area contributed by atoms with Crippen molar-refractivity contribution in [2.45, 2.75) is 32.1 Å². The molecule has 0 fully saturated rings. The Labute approximate surface area is 79.3 Å². The largest absolute Gasteiger partial charge is 0.469 e. The molecule has 0 amide bonds. The maximum Gasteiger partial charge on any atom is 0.305 e. The fraction of sp³-hybridized carbons (Fsp3) is 0.545. The van der Waals surface area contributed by atoms with Gasteiger partial charge < -0.3 is 4.74 Å². The molecule has 0 spiro atoms. The Bertz CT molecular complexity index is 226. The quantitative estimate of drug-likeness (QED) is 0.621. The van der Waals surface area contributed by atoms with E-state index in [9.17, 15) is 4.79 Å². The second-order valence-electron chi connectivity index (χ2n) is 3.22. The summed E-state index contributed by atoms with van der Waals surface area (Å²) in [4.78, 5) is 10.8. The molecular formula is C11H16O2. The minimum Gasteiger partial charge on any atom is -0.469 e. The summed E-state index contributed by atoms with van der Waals surface area (Å²) in [5.74, 6) is -0.105. The van der Waals surface area contributed by atoms with E-state index in [4.69, 9.17) is 0 Å². The third kappa shape index (κ3) is 3.92. The lowest BCUT2D eigenvalue weighted by Gasteiger charge is -2.07. The van der Waals surface area contributed by atoms with Crippen LogP contribution in [0.3, 0.4) is 0 Å². The summed E-state index contributed by atoms with van der Waals surface area (Å²) in [5, 5.41) is 0. The topological polar surface area (TPSA) is 26.3 Å². The fourth-order valence-corrected chi connectivity index (χ4v) is 1.42. The molecule has 0 heterocycles. The Kier molecular flexibility index (Phi) is 4.30. The maximum absolute atomic E-state index is 10.8. The van der Waals surface area contributed by atoms with Crippen LogP contribution in [0.2, 0.25) is 0 Å². The third-order valence-corrected chi connectivity index (χ3v) is 2.21. The molecule has 0 radical (unpaired) electrons. The van der Waals surface area contributed by atoms with E-state index in [1.54, 1.807) is 0 Å². The molecule has 0 saturated carbocycles. The summed E-state index contributed by atoms with van der Waals surface area (Å²) in [7, 11) is 1.44. The van der Waals surface area contributed by atoms with Crippen molar-refractivity contribution in [2.24, 2.45) is 0 Å². The van der Waals surface area contributed by atoms with Gasteiger partial charge in [-0.2, -0.15) is 0 Å². The molecule has 0 aromatic rings. The molecule has 0 bridgehead atoms. The Morgan fingerprint density at radius 2 is 2.46 bits per heavy atom. The van der Waals surface area contributed by atoms with Crippen LogP contribution in [-0.4, -0.2) is 13.1 Å². The third-order valence-electron chi connectivity index (χ3n) is 2.21. The van der Waals surface area contributed by atoms with Crippen molar-refractivity contribution in [3.05, 3.63) is 23.8 Å². The second kappa shape index (κ2) is 5.57. The highest BCUT2D eigenvalue weighted by atomic mass is 16.5. The Balaban J connectivity index is 2.15. The first-order valence-electron chi connectivity index (χ1n) is 4.74. The number of rotatable bonds is 4. The summed E-state index contributed by atoms with van der Waals surface area (Å²) < 4.78 is 4.57. The fourth-order valence-electron chi connectivity index (χ4n) is 1.42. The molecule has 0 aromatic carbocycles. The van der Waals surface area contributed by atoms with Gasteiger partial charge in [0.2, 0.25) is 0 Å². The average molecular weight is 180 g/mol. The molecule has 0 atom stereocenters. The zero-order chi connectivity index (χ0) is 9.52. The highest BCUT2D eigenvalue weighted by Gasteiger charge is 2.03. The van der Waals surface area contributed by atoms with Gasteiger partial charge in [0, 0.05) is 6.42 Å². The van der Waals surface area contributed by atoms with Crippen molar-refractivity contribution in [1.29, 1.82) is 0 Å². The van der Waals surface area contributed by atoms with Crippen molar-refractivity contribution in [1.82, 2.24) is 0 Å². The molecule has 0 saturated heterocycles. The first-order chi connectivity index (χ1) is 6.33. The van der Waals surface area contributed by atoms with Gasteiger partial charge in [0.05, 0.1) is 7.11 Å². The lowest BCUT2D eigenvalue weighted by Crippen LogP contribution is -2.00. The van der Waals surface area contributed by atoms with Crippen LogP contribution >= 0.6 is 0 Å². The van der Waals surface area contributed by atoms with Crippen molar-refractivity contribution in [2.75, 3.05) is 7.11 Å². The van der Waals surface area contributed by atoms with E-state index in [-0.39, 0.29) is 5.97 Å². The van der Waals surface area contributed by atoms with Crippen LogP contribution in [0.1, 0.15) is 32.1 Å². The Morgan fingerprint density at radius 1 is 1.62 bits per heavy atom. The van der Waals surface area contributed by atoms with Gasteiger partial charge in [-0.25, -0.2) is 0 Å². The van der Waals surface area contributed by atoms with E-state index >= 15 is 0 Å². The van der Waals surface area contributed by atoms with Crippen molar-refractivity contribution in [3.8, 4) is 0 Å². The van der Waals surface area contributed by atoms with Crippen LogP contribution in [0.15, 0.2) is 23.8 Å². The molecule has 13 heavy (non-hydrogen) atoms. The molecule has 2 heteroatoms. The average Bonchev–Trinajstić information content (AvgIpc) is 2.19. The molecule has 1 aliphatic carbocycles. The van der Waals surface area contributed by atoms with Crippen LogP contribution in [0.25, 0.3) is 0 Å². The zero-order valence-electron chi connectivity index (χ0n) is 8.08. The minimum atomic E-state index is -0.105. The highest BCUT2D eigenvalue weighted by Crippen LogP contribution is 2.17. The number of ether oxygens (including phenoxy) is 1. The van der Waals surface area contributed by atoms with Crippen LogP contribution in [0.4, 0.5) is 0 Å². The summed E-state index contributed by atoms with van der Waals surface area (Å²) >= 11 is 0. The molecular weight excluding hydrogens is 164 g/mol. The molecule has 0 aromatic heterocycles. The van der Waals surface area contributed by atoms with E-state index in [1.807, 2.05) is 0 Å². The van der Waals surface area contributed by atoms with E-state index in [2.05, 4.69) is 23.0 Å². The number of carbonyl (C=O) groups is 1. The zero-order valence-corrected chi connectivity index (χ0v) is 8.08. The highest BCUT2D eigenvalue weighted by molar-refractivity contribution is 5.69. The van der Waals surface area contributed by atoms with Crippen molar-refractivity contribution >= 4 is 5.97 Å². The van der Waals surface area contributed by atoms with Crippen LogP contribution < -0.4 is 0 Å². The molecule has 0 N–H and O–H groups in total.